The van der Waals surface area contributed by atoms with Crippen molar-refractivity contribution in [3.63, 3.8) is 0 Å². The first kappa shape index (κ1) is 15.7. The fourth-order valence-electron chi connectivity index (χ4n) is 2.57. The highest BCUT2D eigenvalue weighted by molar-refractivity contribution is 9.10. The number of carbonyl (C=O) groups is 1. The molecular formula is C14H16BrClN2OS. The fraction of sp³-hybridized carbons (Fsp3) is 0.429. The molecule has 1 aliphatic rings. The molecule has 0 unspecified atom stereocenters. The molecular weight excluding hydrogens is 360 g/mol. The Balaban J connectivity index is 2.29. The SMILES string of the molecule is NC(=S)CN(C(=O)c1cccc(Br)c1Cl)C1CCCC1. The summed E-state index contributed by atoms with van der Waals surface area (Å²) in [5.74, 6) is -0.101. The van der Waals surface area contributed by atoms with Crippen LogP contribution >= 0.6 is 39.7 Å². The Labute approximate surface area is 137 Å². The van der Waals surface area contributed by atoms with Crippen LogP contribution in [0, 0.1) is 0 Å². The Morgan fingerprint density at radius 3 is 2.70 bits per heavy atom. The van der Waals surface area contributed by atoms with E-state index >= 15 is 0 Å². The quantitative estimate of drug-likeness (QED) is 0.815. The molecule has 0 spiro atoms. The van der Waals surface area contributed by atoms with E-state index in [-0.39, 0.29) is 11.9 Å². The summed E-state index contributed by atoms with van der Waals surface area (Å²) in [6, 6.07) is 5.55. The zero-order valence-electron chi connectivity index (χ0n) is 10.9. The van der Waals surface area contributed by atoms with Crippen LogP contribution in [-0.4, -0.2) is 28.4 Å². The van der Waals surface area contributed by atoms with Crippen molar-refractivity contribution in [3.8, 4) is 0 Å². The minimum Gasteiger partial charge on any atom is -0.392 e. The molecule has 0 atom stereocenters. The normalized spacial score (nSPS) is 15.3. The van der Waals surface area contributed by atoms with Crippen molar-refractivity contribution in [1.82, 2.24) is 4.90 Å². The zero-order chi connectivity index (χ0) is 14.7. The molecule has 108 valence electrons. The topological polar surface area (TPSA) is 46.3 Å². The van der Waals surface area contributed by atoms with Crippen molar-refractivity contribution in [1.29, 1.82) is 0 Å². The average molecular weight is 376 g/mol. The van der Waals surface area contributed by atoms with E-state index in [1.54, 1.807) is 17.0 Å². The molecule has 0 bridgehead atoms. The van der Waals surface area contributed by atoms with Crippen LogP contribution in [0.2, 0.25) is 5.02 Å². The summed E-state index contributed by atoms with van der Waals surface area (Å²) in [7, 11) is 0. The summed E-state index contributed by atoms with van der Waals surface area (Å²) in [6.07, 6.45) is 4.27. The lowest BCUT2D eigenvalue weighted by Crippen LogP contribution is -2.43. The lowest BCUT2D eigenvalue weighted by atomic mass is 10.1. The van der Waals surface area contributed by atoms with Crippen molar-refractivity contribution in [2.45, 2.75) is 31.7 Å². The fourth-order valence-corrected chi connectivity index (χ4v) is 3.29. The largest absolute Gasteiger partial charge is 0.392 e. The lowest BCUT2D eigenvalue weighted by Gasteiger charge is -2.29. The molecule has 1 aromatic carbocycles. The Bertz CT molecular complexity index is 532. The summed E-state index contributed by atoms with van der Waals surface area (Å²) in [5, 5.41) is 0.434. The van der Waals surface area contributed by atoms with Gasteiger partial charge in [0.25, 0.3) is 5.91 Å². The van der Waals surface area contributed by atoms with Gasteiger partial charge in [0.15, 0.2) is 0 Å². The third-order valence-electron chi connectivity index (χ3n) is 3.53. The molecule has 1 fully saturated rings. The van der Waals surface area contributed by atoms with E-state index in [9.17, 15) is 4.79 Å². The van der Waals surface area contributed by atoms with E-state index in [2.05, 4.69) is 15.9 Å². The number of carbonyl (C=O) groups excluding carboxylic acids is 1. The van der Waals surface area contributed by atoms with Gasteiger partial charge in [-0.05, 0) is 40.9 Å². The molecule has 1 amide bonds. The van der Waals surface area contributed by atoms with E-state index in [4.69, 9.17) is 29.6 Å². The van der Waals surface area contributed by atoms with Gasteiger partial charge in [-0.1, -0.05) is 42.7 Å². The van der Waals surface area contributed by atoms with E-state index in [0.29, 0.717) is 26.6 Å². The van der Waals surface area contributed by atoms with Crippen molar-refractivity contribution >= 4 is 50.6 Å². The molecule has 6 heteroatoms. The van der Waals surface area contributed by atoms with Gasteiger partial charge >= 0.3 is 0 Å². The zero-order valence-corrected chi connectivity index (χ0v) is 14.1. The Kier molecular flexibility index (Phi) is 5.41. The van der Waals surface area contributed by atoms with Crippen LogP contribution in [-0.2, 0) is 0 Å². The average Bonchev–Trinajstić information content (AvgIpc) is 2.92. The highest BCUT2D eigenvalue weighted by Gasteiger charge is 2.29. The van der Waals surface area contributed by atoms with Crippen LogP contribution in [0.25, 0.3) is 0 Å². The number of halogens is 2. The van der Waals surface area contributed by atoms with Gasteiger partial charge in [-0.3, -0.25) is 4.79 Å². The highest BCUT2D eigenvalue weighted by atomic mass is 79.9. The first-order chi connectivity index (χ1) is 9.50. The number of amides is 1. The predicted octanol–water partition coefficient (Wildman–Crippen LogP) is 3.77. The number of thiocarbonyl (C=S) groups is 1. The molecule has 0 aliphatic heterocycles. The summed E-state index contributed by atoms with van der Waals surface area (Å²) in [6.45, 7) is 0.307. The lowest BCUT2D eigenvalue weighted by molar-refractivity contribution is 0.0715. The second-order valence-corrected chi connectivity index (χ2v) is 6.70. The molecule has 2 rings (SSSR count). The summed E-state index contributed by atoms with van der Waals surface area (Å²) < 4.78 is 0.715. The van der Waals surface area contributed by atoms with Gasteiger partial charge in [0, 0.05) is 10.5 Å². The van der Waals surface area contributed by atoms with Gasteiger partial charge in [-0.15, -0.1) is 0 Å². The van der Waals surface area contributed by atoms with Crippen LogP contribution in [0.15, 0.2) is 22.7 Å². The maximum atomic E-state index is 12.7. The molecule has 3 nitrogen and oxygen atoms in total. The predicted molar refractivity (Wildman–Crippen MR) is 89.2 cm³/mol. The molecule has 0 radical (unpaired) electrons. The summed E-state index contributed by atoms with van der Waals surface area (Å²) in [4.78, 5) is 14.8. The number of nitrogens with two attached hydrogens (primary N) is 1. The second kappa shape index (κ2) is 6.87. The third kappa shape index (κ3) is 3.51. The minimum atomic E-state index is -0.101. The Morgan fingerprint density at radius 1 is 1.45 bits per heavy atom. The van der Waals surface area contributed by atoms with Gasteiger partial charge in [0.2, 0.25) is 0 Å². The maximum Gasteiger partial charge on any atom is 0.256 e. The standard InChI is InChI=1S/C14H16BrClN2OS/c15-11-7-3-6-10(13(11)16)14(19)18(8-12(17)20)9-4-1-2-5-9/h3,6-7,9H,1-2,4-5,8H2,(H2,17,20). The molecule has 1 aromatic rings. The molecule has 20 heavy (non-hydrogen) atoms. The van der Waals surface area contributed by atoms with Crippen LogP contribution in [0.3, 0.4) is 0 Å². The van der Waals surface area contributed by atoms with E-state index < -0.39 is 0 Å². The van der Waals surface area contributed by atoms with E-state index in [1.165, 1.54) is 0 Å². The number of hydrogen-bond donors (Lipinski definition) is 1. The van der Waals surface area contributed by atoms with Crippen molar-refractivity contribution in [2.24, 2.45) is 5.73 Å². The Morgan fingerprint density at radius 2 is 2.10 bits per heavy atom. The number of hydrogen-bond acceptors (Lipinski definition) is 2. The highest BCUT2D eigenvalue weighted by Crippen LogP contribution is 2.30. The van der Waals surface area contributed by atoms with Gasteiger partial charge in [0.1, 0.15) is 0 Å². The first-order valence-electron chi connectivity index (χ1n) is 6.54. The van der Waals surface area contributed by atoms with Crippen LogP contribution in [0.1, 0.15) is 36.0 Å². The Hall–Kier alpha value is -0.650. The van der Waals surface area contributed by atoms with Crippen LogP contribution in [0.4, 0.5) is 0 Å². The molecule has 0 aromatic heterocycles. The van der Waals surface area contributed by atoms with Gasteiger partial charge in [0.05, 0.1) is 22.1 Å². The van der Waals surface area contributed by atoms with Crippen molar-refractivity contribution in [3.05, 3.63) is 33.3 Å². The molecule has 1 saturated carbocycles. The smallest absolute Gasteiger partial charge is 0.256 e. The summed E-state index contributed by atoms with van der Waals surface area (Å²) >= 11 is 14.5. The van der Waals surface area contributed by atoms with Crippen molar-refractivity contribution < 1.29 is 4.79 Å². The summed E-state index contributed by atoms with van der Waals surface area (Å²) in [5.41, 5.74) is 6.13. The van der Waals surface area contributed by atoms with Crippen LogP contribution in [0.5, 0.6) is 0 Å². The van der Waals surface area contributed by atoms with Gasteiger partial charge in [-0.2, -0.15) is 0 Å². The van der Waals surface area contributed by atoms with Gasteiger partial charge in [-0.25, -0.2) is 0 Å². The molecule has 2 N–H and O–H groups in total. The molecule has 0 saturated heterocycles. The van der Waals surface area contributed by atoms with Crippen LogP contribution < -0.4 is 5.73 Å². The molecule has 0 heterocycles. The first-order valence-corrected chi connectivity index (χ1v) is 8.12. The number of benzene rings is 1. The van der Waals surface area contributed by atoms with Gasteiger partial charge < -0.3 is 10.6 Å². The van der Waals surface area contributed by atoms with E-state index in [1.807, 2.05) is 6.07 Å². The third-order valence-corrected chi connectivity index (χ3v) is 4.96. The maximum absolute atomic E-state index is 12.7. The number of nitrogens with zero attached hydrogens (tertiary/aromatic N) is 1. The monoisotopic (exact) mass is 374 g/mol. The number of rotatable bonds is 4. The van der Waals surface area contributed by atoms with E-state index in [0.717, 1.165) is 25.7 Å². The minimum absolute atomic E-state index is 0.101. The molecule has 1 aliphatic carbocycles. The second-order valence-electron chi connectivity index (χ2n) is 4.94. The van der Waals surface area contributed by atoms with Crippen molar-refractivity contribution in [2.75, 3.05) is 6.54 Å².